The van der Waals surface area contributed by atoms with Crippen LogP contribution in [0, 0.1) is 11.3 Å². The summed E-state index contributed by atoms with van der Waals surface area (Å²) in [6.07, 6.45) is 1.61. The van der Waals surface area contributed by atoms with E-state index in [2.05, 4.69) is 0 Å². The van der Waals surface area contributed by atoms with Gasteiger partial charge < -0.3 is 10.5 Å². The third kappa shape index (κ3) is 4.28. The monoisotopic (exact) mass is 150 g/mol. The van der Waals surface area contributed by atoms with E-state index >= 15 is 0 Å². The average Bonchev–Trinajstić information content (AvgIpc) is 1.69. The van der Waals surface area contributed by atoms with Crippen LogP contribution in [0.2, 0.25) is 0 Å². The lowest BCUT2D eigenvalue weighted by molar-refractivity contribution is -0.225. The van der Waals surface area contributed by atoms with E-state index < -0.39 is 5.90 Å². The molecule has 0 radical (unpaired) electrons. The minimum absolute atomic E-state index is 0. The summed E-state index contributed by atoms with van der Waals surface area (Å²) in [4.78, 5) is 0. The predicted molar refractivity (Wildman–Crippen MR) is 39.0 cm³/mol. The van der Waals surface area contributed by atoms with Gasteiger partial charge in [-0.05, 0) is 24.7 Å². The lowest BCUT2D eigenvalue weighted by Crippen LogP contribution is -2.25. The number of halogens is 1. The molecule has 0 unspecified atom stereocenters. The summed E-state index contributed by atoms with van der Waals surface area (Å²) < 4.78 is 0. The van der Waals surface area contributed by atoms with Crippen molar-refractivity contribution in [3.63, 3.8) is 0 Å². The van der Waals surface area contributed by atoms with Crippen molar-refractivity contribution >= 4 is 18.3 Å². The van der Waals surface area contributed by atoms with Crippen molar-refractivity contribution in [1.82, 2.24) is 0 Å². The number of nitrogens with one attached hydrogen (secondary N) is 1. The Hall–Kier alpha value is -0.240. The smallest absolute Gasteiger partial charge is 0.0142 e. The van der Waals surface area contributed by atoms with Crippen molar-refractivity contribution in [3.05, 3.63) is 0 Å². The van der Waals surface area contributed by atoms with Gasteiger partial charge in [-0.3, -0.25) is 0 Å². The second-order valence-electron chi connectivity index (χ2n) is 1.88. The summed E-state index contributed by atoms with van der Waals surface area (Å²) in [7, 11) is 0. The number of hydrogen-bond donors (Lipinski definition) is 1. The first-order valence-electron chi connectivity index (χ1n) is 2.97. The molecule has 56 valence electrons. The lowest BCUT2D eigenvalue weighted by atomic mass is 10.0. The fourth-order valence-electron chi connectivity index (χ4n) is 0.659. The van der Waals surface area contributed by atoms with Crippen LogP contribution < -0.4 is 5.11 Å². The van der Waals surface area contributed by atoms with E-state index in [0.717, 1.165) is 12.8 Å². The van der Waals surface area contributed by atoms with Crippen molar-refractivity contribution in [2.24, 2.45) is 5.92 Å². The highest BCUT2D eigenvalue weighted by atomic mass is 35.5. The number of hydrogen-bond acceptors (Lipinski definition) is 2. The molecule has 0 amide bonds. The molecule has 0 aliphatic carbocycles. The lowest BCUT2D eigenvalue weighted by Gasteiger charge is -2.16. The van der Waals surface area contributed by atoms with Crippen LogP contribution in [0.4, 0.5) is 0 Å². The summed E-state index contributed by atoms with van der Waals surface area (Å²) in [5.74, 6) is -0.440. The highest BCUT2D eigenvalue weighted by Gasteiger charge is 1.98. The first-order valence-corrected chi connectivity index (χ1v) is 2.97. The van der Waals surface area contributed by atoms with Crippen LogP contribution >= 0.6 is 12.4 Å². The molecule has 0 atom stereocenters. The van der Waals surface area contributed by atoms with Gasteiger partial charge in [0.15, 0.2) is 0 Å². The summed E-state index contributed by atoms with van der Waals surface area (Å²) in [6, 6.07) is 0. The molecule has 0 aliphatic rings. The molecule has 0 aromatic heterocycles. The second-order valence-corrected chi connectivity index (χ2v) is 1.88. The minimum atomic E-state index is -0.421. The highest BCUT2D eigenvalue weighted by Crippen LogP contribution is 2.04. The molecule has 3 heteroatoms. The molecule has 0 aromatic rings. The van der Waals surface area contributed by atoms with E-state index in [1.165, 1.54) is 0 Å². The summed E-state index contributed by atoms with van der Waals surface area (Å²) in [6.45, 7) is 3.86. The van der Waals surface area contributed by atoms with E-state index in [-0.39, 0.29) is 18.3 Å². The van der Waals surface area contributed by atoms with Crippen LogP contribution in [0.5, 0.6) is 0 Å². The van der Waals surface area contributed by atoms with E-state index in [1.807, 2.05) is 13.8 Å². The molecule has 0 saturated heterocycles. The Balaban J connectivity index is 0. The molecule has 0 aliphatic heterocycles. The molecule has 9 heavy (non-hydrogen) atoms. The SMILES string of the molecule is CCC(CC)C(=N)[O-].Cl. The van der Waals surface area contributed by atoms with Crippen LogP contribution in [0.1, 0.15) is 26.7 Å². The molecule has 0 fully saturated rings. The molecule has 0 saturated carbocycles. The van der Waals surface area contributed by atoms with Gasteiger partial charge in [-0.15, -0.1) is 12.4 Å². The Morgan fingerprint density at radius 3 is 1.78 bits per heavy atom. The van der Waals surface area contributed by atoms with Crippen molar-refractivity contribution in [2.75, 3.05) is 0 Å². The van der Waals surface area contributed by atoms with Gasteiger partial charge in [0, 0.05) is 0 Å². The zero-order valence-electron chi connectivity index (χ0n) is 5.81. The Labute approximate surface area is 62.2 Å². The Kier molecular flexibility index (Phi) is 7.55. The number of rotatable bonds is 3. The van der Waals surface area contributed by atoms with Gasteiger partial charge >= 0.3 is 0 Å². The van der Waals surface area contributed by atoms with Crippen molar-refractivity contribution in [3.8, 4) is 0 Å². The molecule has 0 bridgehead atoms. The molecule has 0 rings (SSSR count). The Morgan fingerprint density at radius 2 is 1.78 bits per heavy atom. The van der Waals surface area contributed by atoms with E-state index in [4.69, 9.17) is 5.41 Å². The van der Waals surface area contributed by atoms with Crippen molar-refractivity contribution in [1.29, 1.82) is 5.41 Å². The molecule has 0 aromatic carbocycles. The van der Waals surface area contributed by atoms with Gasteiger partial charge in [0.05, 0.1) is 0 Å². The van der Waals surface area contributed by atoms with Crippen LogP contribution in [-0.2, 0) is 0 Å². The predicted octanol–water partition coefficient (Wildman–Crippen LogP) is 1.18. The fraction of sp³-hybridized carbons (Fsp3) is 0.833. The molecular formula is C6H13ClNO-. The molecule has 1 N–H and O–H groups in total. The first-order chi connectivity index (χ1) is 3.72. The Morgan fingerprint density at radius 1 is 1.44 bits per heavy atom. The topological polar surface area (TPSA) is 46.9 Å². The quantitative estimate of drug-likeness (QED) is 0.477. The van der Waals surface area contributed by atoms with Crippen molar-refractivity contribution in [2.45, 2.75) is 26.7 Å². The van der Waals surface area contributed by atoms with Gasteiger partial charge in [0.2, 0.25) is 0 Å². The summed E-state index contributed by atoms with van der Waals surface area (Å²) in [5.41, 5.74) is 0. The van der Waals surface area contributed by atoms with Gasteiger partial charge in [0.1, 0.15) is 0 Å². The van der Waals surface area contributed by atoms with E-state index in [1.54, 1.807) is 0 Å². The Bertz CT molecular complexity index is 81.1. The summed E-state index contributed by atoms with van der Waals surface area (Å²) >= 11 is 0. The zero-order valence-corrected chi connectivity index (χ0v) is 6.62. The second kappa shape index (κ2) is 5.89. The first kappa shape index (κ1) is 11.5. The highest BCUT2D eigenvalue weighted by molar-refractivity contribution is 5.85. The van der Waals surface area contributed by atoms with Crippen LogP contribution in [0.15, 0.2) is 0 Å². The third-order valence-electron chi connectivity index (χ3n) is 1.36. The van der Waals surface area contributed by atoms with Gasteiger partial charge in [-0.1, -0.05) is 13.8 Å². The van der Waals surface area contributed by atoms with Crippen LogP contribution in [-0.4, -0.2) is 5.90 Å². The molecule has 0 spiro atoms. The minimum Gasteiger partial charge on any atom is -0.862 e. The van der Waals surface area contributed by atoms with E-state index in [0.29, 0.717) is 0 Å². The van der Waals surface area contributed by atoms with Gasteiger partial charge in [-0.2, -0.15) is 0 Å². The van der Waals surface area contributed by atoms with Crippen LogP contribution in [0.25, 0.3) is 0 Å². The molecular weight excluding hydrogens is 138 g/mol. The van der Waals surface area contributed by atoms with Crippen LogP contribution in [0.3, 0.4) is 0 Å². The molecule has 2 nitrogen and oxygen atoms in total. The van der Waals surface area contributed by atoms with Crippen molar-refractivity contribution < 1.29 is 5.11 Å². The van der Waals surface area contributed by atoms with Gasteiger partial charge in [-0.25, -0.2) is 0 Å². The maximum absolute atomic E-state index is 10.3. The zero-order chi connectivity index (χ0) is 6.57. The third-order valence-corrected chi connectivity index (χ3v) is 1.36. The van der Waals surface area contributed by atoms with E-state index in [9.17, 15) is 5.11 Å². The normalized spacial score (nSPS) is 8.78. The summed E-state index contributed by atoms with van der Waals surface area (Å²) in [5, 5.41) is 17.0. The maximum Gasteiger partial charge on any atom is -0.0142 e. The fourth-order valence-corrected chi connectivity index (χ4v) is 0.659. The van der Waals surface area contributed by atoms with Gasteiger partial charge in [0.25, 0.3) is 0 Å². The average molecular weight is 151 g/mol. The molecule has 0 heterocycles. The standard InChI is InChI=1S/C6H13NO.ClH/c1-3-5(4-2)6(7)8;/h5H,3-4H2,1-2H3,(H2,7,8);1H/p-1. The maximum atomic E-state index is 10.3. The largest absolute Gasteiger partial charge is 0.862 e.